The summed E-state index contributed by atoms with van der Waals surface area (Å²) in [5.74, 6) is -1.52. The summed E-state index contributed by atoms with van der Waals surface area (Å²) in [6.07, 6.45) is 9.53. The molecular weight excluding hydrogens is 967 g/mol. The summed E-state index contributed by atoms with van der Waals surface area (Å²) in [5.41, 5.74) is 3.16. The molecule has 74 heavy (non-hydrogen) atoms. The number of amides is 1. The number of piperazine rings is 1. The van der Waals surface area contributed by atoms with E-state index in [0.29, 0.717) is 55.5 Å². The average Bonchev–Trinajstić information content (AvgIpc) is 3.85. The van der Waals surface area contributed by atoms with Crippen LogP contribution in [0.2, 0.25) is 0 Å². The van der Waals surface area contributed by atoms with Gasteiger partial charge < -0.3 is 25.0 Å². The van der Waals surface area contributed by atoms with Crippen LogP contribution in [0.25, 0.3) is 11.0 Å². The molecule has 4 heterocycles. The molecule has 4 aromatic carbocycles. The maximum atomic E-state index is 16.6. The van der Waals surface area contributed by atoms with Crippen molar-refractivity contribution < 1.29 is 36.8 Å². The summed E-state index contributed by atoms with van der Waals surface area (Å²) >= 11 is 0. The Morgan fingerprint density at radius 2 is 1.70 bits per heavy atom. The molecule has 2 saturated heterocycles. The Morgan fingerprint density at radius 3 is 2.43 bits per heavy atom. The average molecular weight is 1030 g/mol. The van der Waals surface area contributed by atoms with Gasteiger partial charge in [-0.2, -0.15) is 0 Å². The Bertz CT molecular complexity index is 3140. The van der Waals surface area contributed by atoms with Gasteiger partial charge in [0.15, 0.2) is 0 Å². The number of piperidine rings is 1. The lowest BCUT2D eigenvalue weighted by Crippen LogP contribution is -2.60. The number of benzene rings is 4. The molecule has 2 aromatic heterocycles. The zero-order valence-electron chi connectivity index (χ0n) is 42.0. The van der Waals surface area contributed by atoms with Crippen LogP contribution in [-0.2, 0) is 16.6 Å². The third-order valence-corrected chi connectivity index (χ3v) is 17.5. The van der Waals surface area contributed by atoms with E-state index in [4.69, 9.17) is 4.74 Å². The number of aromatic amines is 1. The van der Waals surface area contributed by atoms with Crippen molar-refractivity contribution in [1.82, 2.24) is 24.5 Å². The minimum atomic E-state index is -4.73. The quantitative estimate of drug-likeness (QED) is 0.0564. The third-order valence-electron chi connectivity index (χ3n) is 16.1. The number of ether oxygens (including phenoxy) is 1. The van der Waals surface area contributed by atoms with E-state index in [2.05, 4.69) is 63.2 Å². The van der Waals surface area contributed by atoms with Gasteiger partial charge in [0.2, 0.25) is 0 Å². The van der Waals surface area contributed by atoms with E-state index in [1.807, 2.05) is 21.8 Å². The molecule has 0 unspecified atom stereocenters. The number of anilines is 2. The number of fused-ring (bicyclic) bond motifs is 1. The number of nitro groups is 1. The second-order valence-electron chi connectivity index (χ2n) is 21.6. The summed E-state index contributed by atoms with van der Waals surface area (Å²) in [6.45, 7) is 11.2. The fourth-order valence-electron chi connectivity index (χ4n) is 11.8. The number of hydrogen-bond donors (Lipinski definition) is 4. The lowest BCUT2D eigenvalue weighted by molar-refractivity contribution is -0.384. The molecule has 4 aliphatic rings. The SMILES string of the molecule is CC(C)c1ccccc1[C@@H]1CN(Cc2ccc(F)cc2)CCN1C1CC2(CCN(c3cc(Oc4cnc5[nH]ccc5c4)c(C(=O)NS(=O)(=O)c4ccc(NCC5CCC(C)(O)CC5)c([N+](=O)[O-])c4)cc3F)CC2)C1. The number of aromatic nitrogens is 2. The van der Waals surface area contributed by atoms with Gasteiger partial charge in [-0.3, -0.25) is 24.7 Å². The molecule has 4 fully saturated rings. The lowest BCUT2D eigenvalue weighted by atomic mass is 9.59. The fourth-order valence-corrected chi connectivity index (χ4v) is 12.8. The van der Waals surface area contributed by atoms with E-state index < -0.39 is 48.4 Å². The molecule has 6 aromatic rings. The van der Waals surface area contributed by atoms with Crippen LogP contribution < -0.4 is 19.7 Å². The summed E-state index contributed by atoms with van der Waals surface area (Å²) in [5, 5.41) is 26.3. The first-order chi connectivity index (χ1) is 35.4. The van der Waals surface area contributed by atoms with Crippen LogP contribution in [0.5, 0.6) is 11.5 Å². The van der Waals surface area contributed by atoms with Crippen molar-refractivity contribution in [1.29, 1.82) is 0 Å². The molecule has 4 N–H and O–H groups in total. The summed E-state index contributed by atoms with van der Waals surface area (Å²) in [7, 11) is -4.73. The zero-order chi connectivity index (χ0) is 51.9. The third kappa shape index (κ3) is 11.0. The number of carbonyl (C=O) groups excluding carboxylic acids is 1. The summed E-state index contributed by atoms with van der Waals surface area (Å²) < 4.78 is 66.3. The Labute approximate surface area is 430 Å². The minimum Gasteiger partial charge on any atom is -0.455 e. The molecule has 2 aliphatic heterocycles. The Hall–Kier alpha value is -6.47. The maximum absolute atomic E-state index is 16.6. The Kier molecular flexibility index (Phi) is 14.3. The fraction of sp³-hybridized carbons (Fsp3) is 0.429. The first kappa shape index (κ1) is 51.0. The largest absolute Gasteiger partial charge is 0.455 e. The van der Waals surface area contributed by atoms with Gasteiger partial charge in [-0.15, -0.1) is 0 Å². The molecule has 1 amide bonds. The van der Waals surface area contributed by atoms with E-state index in [9.17, 15) is 32.8 Å². The standard InChI is InChI=1S/C56H64F2N8O7S/c1-36(2)44-6-4-5-7-45(44)51-35-63(34-38-8-10-40(57)11-9-38)24-25-65(51)41-30-56(31-41)19-22-64(23-20-56)49-29-52(73-42-26-39-16-21-59-53(39)61-33-42)46(28-47(49)58)54(67)62-74(71,72)43-12-13-48(50(27-43)66(69)70)60-32-37-14-17-55(3,68)18-15-37/h4-13,16,21,26-29,33,36-37,41,51,60,68H,14-15,17-20,22-25,30-32,34-35H2,1-3H3,(H,59,61)(H,62,67)/t37?,51-,55?/m0/s1. The number of hydrogen-bond acceptors (Lipinski definition) is 12. The topological polar surface area (TPSA) is 186 Å². The van der Waals surface area contributed by atoms with E-state index in [1.54, 1.807) is 25.3 Å². The number of carbonyl (C=O) groups is 1. The predicted octanol–water partition coefficient (Wildman–Crippen LogP) is 10.4. The van der Waals surface area contributed by atoms with Gasteiger partial charge in [0, 0.05) is 81.6 Å². The number of aliphatic hydroxyl groups is 1. The van der Waals surface area contributed by atoms with Crippen molar-refractivity contribution in [2.75, 3.05) is 49.5 Å². The van der Waals surface area contributed by atoms with Gasteiger partial charge in [0.25, 0.3) is 21.6 Å². The van der Waals surface area contributed by atoms with Gasteiger partial charge in [-0.05, 0) is 135 Å². The molecule has 10 rings (SSSR count). The van der Waals surface area contributed by atoms with E-state index >= 15 is 4.39 Å². The zero-order valence-corrected chi connectivity index (χ0v) is 42.8. The van der Waals surface area contributed by atoms with Gasteiger partial charge in [-0.25, -0.2) is 26.9 Å². The molecule has 0 radical (unpaired) electrons. The monoisotopic (exact) mass is 1030 g/mol. The highest BCUT2D eigenvalue weighted by molar-refractivity contribution is 7.90. The number of sulfonamides is 1. The normalized spacial score (nSPS) is 21.7. The number of nitro benzene ring substituents is 1. The van der Waals surface area contributed by atoms with E-state index in [1.165, 1.54) is 47.7 Å². The highest BCUT2D eigenvalue weighted by Gasteiger charge is 2.50. The van der Waals surface area contributed by atoms with Crippen molar-refractivity contribution in [3.05, 3.63) is 147 Å². The van der Waals surface area contributed by atoms with Crippen LogP contribution in [0, 0.1) is 33.1 Å². The molecule has 390 valence electrons. The van der Waals surface area contributed by atoms with Crippen LogP contribution in [0.1, 0.15) is 111 Å². The summed E-state index contributed by atoms with van der Waals surface area (Å²) in [6, 6.07) is 25.4. The second-order valence-corrected chi connectivity index (χ2v) is 23.3. The van der Waals surface area contributed by atoms with Gasteiger partial charge in [0.1, 0.15) is 34.5 Å². The number of rotatable bonds is 15. The van der Waals surface area contributed by atoms with Gasteiger partial charge >= 0.3 is 0 Å². The van der Waals surface area contributed by atoms with Crippen LogP contribution >= 0.6 is 0 Å². The van der Waals surface area contributed by atoms with Crippen LogP contribution in [0.15, 0.2) is 108 Å². The van der Waals surface area contributed by atoms with Crippen LogP contribution in [-0.4, -0.2) is 95.0 Å². The van der Waals surface area contributed by atoms with Crippen molar-refractivity contribution in [2.24, 2.45) is 11.3 Å². The van der Waals surface area contributed by atoms with Crippen molar-refractivity contribution >= 4 is 44.0 Å². The first-order valence-corrected chi connectivity index (χ1v) is 27.2. The van der Waals surface area contributed by atoms with Crippen molar-refractivity contribution in [2.45, 2.75) is 107 Å². The number of pyridine rings is 1. The Morgan fingerprint density at radius 1 is 0.959 bits per heavy atom. The van der Waals surface area contributed by atoms with Gasteiger partial charge in [0.05, 0.1) is 32.9 Å². The minimum absolute atomic E-state index is 0.0813. The molecule has 2 aliphatic carbocycles. The van der Waals surface area contributed by atoms with E-state index in [0.717, 1.165) is 82.4 Å². The highest BCUT2D eigenvalue weighted by atomic mass is 32.2. The second kappa shape index (κ2) is 20.7. The molecule has 18 heteroatoms. The van der Waals surface area contributed by atoms with Crippen LogP contribution in [0.4, 0.5) is 25.8 Å². The first-order valence-electron chi connectivity index (χ1n) is 25.7. The van der Waals surface area contributed by atoms with E-state index in [-0.39, 0.29) is 46.1 Å². The molecule has 0 bridgehead atoms. The molecule has 1 atom stereocenters. The predicted molar refractivity (Wildman–Crippen MR) is 280 cm³/mol. The highest BCUT2D eigenvalue weighted by Crippen LogP contribution is 2.54. The Balaban J connectivity index is 0.847. The summed E-state index contributed by atoms with van der Waals surface area (Å²) in [4.78, 5) is 39.6. The number of halogens is 2. The van der Waals surface area contributed by atoms with Gasteiger partial charge in [-0.1, -0.05) is 50.2 Å². The lowest BCUT2D eigenvalue weighted by Gasteiger charge is -2.58. The molecule has 1 spiro atoms. The molecular formula is C56H64F2N8O7S. The maximum Gasteiger partial charge on any atom is 0.293 e. The van der Waals surface area contributed by atoms with Crippen molar-refractivity contribution in [3.8, 4) is 11.5 Å². The smallest absolute Gasteiger partial charge is 0.293 e. The number of nitrogens with zero attached hydrogens (tertiary/aromatic N) is 5. The molecule has 15 nitrogen and oxygen atoms in total. The number of nitrogens with one attached hydrogen (secondary N) is 3. The molecule has 2 saturated carbocycles. The van der Waals surface area contributed by atoms with Crippen molar-refractivity contribution in [3.63, 3.8) is 0 Å². The number of H-pyrrole nitrogens is 1. The van der Waals surface area contributed by atoms with Crippen LogP contribution in [0.3, 0.4) is 0 Å².